The second-order valence-corrected chi connectivity index (χ2v) is 6.95. The van der Waals surface area contributed by atoms with Crippen molar-refractivity contribution in [3.8, 4) is 0 Å². The molecule has 0 aliphatic heterocycles. The summed E-state index contributed by atoms with van der Waals surface area (Å²) in [5.41, 5.74) is 5.95. The molecule has 0 fully saturated rings. The Bertz CT molecular complexity index is 668. The first-order valence-corrected chi connectivity index (χ1v) is 7.68. The fraction of sp³-hybridized carbons (Fsp3) is 0.167. The molecule has 0 saturated carbocycles. The lowest BCUT2D eigenvalue weighted by Crippen LogP contribution is -2.27. The summed E-state index contributed by atoms with van der Waals surface area (Å²) in [6.07, 6.45) is 1.50. The van der Waals surface area contributed by atoms with Gasteiger partial charge in [-0.25, -0.2) is 8.42 Å². The van der Waals surface area contributed by atoms with E-state index < -0.39 is 10.0 Å². The number of furan rings is 1. The van der Waals surface area contributed by atoms with Crippen molar-refractivity contribution in [2.45, 2.75) is 11.4 Å². The van der Waals surface area contributed by atoms with Gasteiger partial charge >= 0.3 is 0 Å². The molecular formula is C12H13BrN2O3S. The highest BCUT2D eigenvalue weighted by atomic mass is 79.9. The Morgan fingerprint density at radius 1 is 1.37 bits per heavy atom. The van der Waals surface area contributed by atoms with Crippen LogP contribution in [0, 0.1) is 0 Å². The number of anilines is 1. The minimum Gasteiger partial charge on any atom is -0.468 e. The molecule has 1 aromatic carbocycles. The molecule has 0 radical (unpaired) electrons. The van der Waals surface area contributed by atoms with Crippen LogP contribution in [0.5, 0.6) is 0 Å². The van der Waals surface area contributed by atoms with Crippen molar-refractivity contribution in [1.29, 1.82) is 0 Å². The van der Waals surface area contributed by atoms with E-state index in [0.717, 1.165) is 0 Å². The first-order chi connectivity index (χ1) is 8.91. The van der Waals surface area contributed by atoms with Crippen molar-refractivity contribution in [2.75, 3.05) is 12.8 Å². The van der Waals surface area contributed by atoms with Gasteiger partial charge < -0.3 is 10.2 Å². The molecule has 7 heteroatoms. The molecule has 0 amide bonds. The molecule has 19 heavy (non-hydrogen) atoms. The molecule has 0 bridgehead atoms. The van der Waals surface area contributed by atoms with Crippen molar-refractivity contribution >= 4 is 31.6 Å². The highest BCUT2D eigenvalue weighted by Gasteiger charge is 2.24. The van der Waals surface area contributed by atoms with E-state index in [1.54, 1.807) is 24.3 Å². The van der Waals surface area contributed by atoms with Crippen LogP contribution in [-0.4, -0.2) is 19.8 Å². The molecule has 0 aliphatic rings. The van der Waals surface area contributed by atoms with Gasteiger partial charge in [0.2, 0.25) is 10.0 Å². The first kappa shape index (κ1) is 14.1. The van der Waals surface area contributed by atoms with Crippen molar-refractivity contribution in [2.24, 2.45) is 0 Å². The number of hydrogen-bond donors (Lipinski definition) is 1. The molecule has 0 spiro atoms. The number of halogens is 1. The number of nitrogen functional groups attached to an aromatic ring is 1. The molecule has 0 unspecified atom stereocenters. The molecule has 102 valence electrons. The molecule has 0 saturated heterocycles. The van der Waals surface area contributed by atoms with Gasteiger partial charge in [0, 0.05) is 11.5 Å². The van der Waals surface area contributed by atoms with E-state index >= 15 is 0 Å². The second kappa shape index (κ2) is 5.36. The van der Waals surface area contributed by atoms with E-state index in [2.05, 4.69) is 15.9 Å². The van der Waals surface area contributed by atoms with E-state index in [4.69, 9.17) is 10.2 Å². The third-order valence-electron chi connectivity index (χ3n) is 2.62. The molecule has 0 atom stereocenters. The number of sulfonamides is 1. The Kier molecular flexibility index (Phi) is 3.98. The van der Waals surface area contributed by atoms with Crippen LogP contribution in [0.4, 0.5) is 5.69 Å². The highest BCUT2D eigenvalue weighted by Crippen LogP contribution is 2.26. The zero-order valence-corrected chi connectivity index (χ0v) is 12.6. The van der Waals surface area contributed by atoms with Crippen LogP contribution in [0.25, 0.3) is 0 Å². The Labute approximate surface area is 120 Å². The lowest BCUT2D eigenvalue weighted by atomic mass is 10.3. The Hall–Kier alpha value is -1.31. The predicted molar refractivity (Wildman–Crippen MR) is 75.9 cm³/mol. The standard InChI is InChI=1S/C12H13BrN2O3S/c1-15(8-10-3-2-6-18-10)19(16,17)12-7-9(13)4-5-11(12)14/h2-7H,8,14H2,1H3. The summed E-state index contributed by atoms with van der Waals surface area (Å²) in [6.45, 7) is 0.154. The van der Waals surface area contributed by atoms with Gasteiger partial charge in [-0.15, -0.1) is 0 Å². The van der Waals surface area contributed by atoms with E-state index in [-0.39, 0.29) is 17.1 Å². The van der Waals surface area contributed by atoms with Gasteiger partial charge in [0.15, 0.2) is 0 Å². The Morgan fingerprint density at radius 2 is 2.11 bits per heavy atom. The quantitative estimate of drug-likeness (QED) is 0.864. The number of nitrogens with two attached hydrogens (primary N) is 1. The van der Waals surface area contributed by atoms with E-state index in [1.165, 1.54) is 23.7 Å². The van der Waals surface area contributed by atoms with Crippen LogP contribution >= 0.6 is 15.9 Å². The SMILES string of the molecule is CN(Cc1ccco1)S(=O)(=O)c1cc(Br)ccc1N. The third-order valence-corrected chi connectivity index (χ3v) is 4.97. The van der Waals surface area contributed by atoms with Gasteiger partial charge in [-0.1, -0.05) is 15.9 Å². The number of rotatable bonds is 4. The van der Waals surface area contributed by atoms with Crippen LogP contribution in [0.15, 0.2) is 50.4 Å². The molecule has 1 aromatic heterocycles. The molecule has 1 heterocycles. The minimum atomic E-state index is -3.65. The normalized spacial score (nSPS) is 11.9. The van der Waals surface area contributed by atoms with Gasteiger partial charge in [-0.2, -0.15) is 4.31 Å². The summed E-state index contributed by atoms with van der Waals surface area (Å²) >= 11 is 3.24. The molecule has 2 N–H and O–H groups in total. The largest absolute Gasteiger partial charge is 0.468 e. The molecule has 0 aliphatic carbocycles. The minimum absolute atomic E-state index is 0.0796. The van der Waals surface area contributed by atoms with Crippen LogP contribution in [-0.2, 0) is 16.6 Å². The summed E-state index contributed by atoms with van der Waals surface area (Å²) in [6, 6.07) is 8.17. The highest BCUT2D eigenvalue weighted by molar-refractivity contribution is 9.10. The zero-order valence-electron chi connectivity index (χ0n) is 10.2. The fourth-order valence-electron chi connectivity index (χ4n) is 1.61. The maximum absolute atomic E-state index is 12.4. The number of nitrogens with zero attached hydrogens (tertiary/aromatic N) is 1. The van der Waals surface area contributed by atoms with Crippen LogP contribution in [0.1, 0.15) is 5.76 Å². The number of hydrogen-bond acceptors (Lipinski definition) is 4. The lowest BCUT2D eigenvalue weighted by Gasteiger charge is -2.17. The van der Waals surface area contributed by atoms with Gasteiger partial charge in [0.25, 0.3) is 0 Å². The summed E-state index contributed by atoms with van der Waals surface area (Å²) in [5, 5.41) is 0. The second-order valence-electron chi connectivity index (χ2n) is 4.02. The topological polar surface area (TPSA) is 76.5 Å². The summed E-state index contributed by atoms with van der Waals surface area (Å²) < 4.78 is 31.8. The van der Waals surface area contributed by atoms with Crippen molar-refractivity contribution in [1.82, 2.24) is 4.31 Å². The lowest BCUT2D eigenvalue weighted by molar-refractivity contribution is 0.406. The smallest absolute Gasteiger partial charge is 0.245 e. The average Bonchev–Trinajstić information content (AvgIpc) is 2.85. The number of benzene rings is 1. The van der Waals surface area contributed by atoms with Gasteiger partial charge in [0.1, 0.15) is 10.7 Å². The maximum atomic E-state index is 12.4. The molecular weight excluding hydrogens is 332 g/mol. The first-order valence-electron chi connectivity index (χ1n) is 5.45. The van der Waals surface area contributed by atoms with Crippen LogP contribution in [0.2, 0.25) is 0 Å². The van der Waals surface area contributed by atoms with Crippen molar-refractivity contribution < 1.29 is 12.8 Å². The Balaban J connectivity index is 2.33. The van der Waals surface area contributed by atoms with Crippen LogP contribution in [0.3, 0.4) is 0 Å². The van der Waals surface area contributed by atoms with Gasteiger partial charge in [0.05, 0.1) is 18.5 Å². The van der Waals surface area contributed by atoms with E-state index in [1.807, 2.05) is 0 Å². The van der Waals surface area contributed by atoms with Gasteiger partial charge in [-0.05, 0) is 30.3 Å². The summed E-state index contributed by atoms with van der Waals surface area (Å²) in [7, 11) is -2.17. The fourth-order valence-corrected chi connectivity index (χ4v) is 3.39. The Morgan fingerprint density at radius 3 is 2.74 bits per heavy atom. The van der Waals surface area contributed by atoms with Gasteiger partial charge in [-0.3, -0.25) is 0 Å². The van der Waals surface area contributed by atoms with E-state index in [0.29, 0.717) is 10.2 Å². The molecule has 5 nitrogen and oxygen atoms in total. The van der Waals surface area contributed by atoms with Crippen molar-refractivity contribution in [3.63, 3.8) is 0 Å². The maximum Gasteiger partial charge on any atom is 0.245 e. The van der Waals surface area contributed by atoms with Crippen molar-refractivity contribution in [3.05, 3.63) is 46.8 Å². The molecule has 2 rings (SSSR count). The molecule has 2 aromatic rings. The predicted octanol–water partition coefficient (Wildman–Crippen LogP) is 2.44. The monoisotopic (exact) mass is 344 g/mol. The summed E-state index contributed by atoms with van der Waals surface area (Å²) in [4.78, 5) is 0.0796. The third kappa shape index (κ3) is 2.99. The van der Waals surface area contributed by atoms with E-state index in [9.17, 15) is 8.42 Å². The average molecular weight is 345 g/mol. The zero-order chi connectivity index (χ0) is 14.0. The summed E-state index contributed by atoms with van der Waals surface area (Å²) in [5.74, 6) is 0.569. The van der Waals surface area contributed by atoms with Crippen LogP contribution < -0.4 is 5.73 Å².